The molecular formula is C17H25NO. The summed E-state index contributed by atoms with van der Waals surface area (Å²) < 4.78 is 5.98. The van der Waals surface area contributed by atoms with Crippen molar-refractivity contribution in [1.82, 2.24) is 5.32 Å². The van der Waals surface area contributed by atoms with Crippen molar-refractivity contribution in [3.63, 3.8) is 0 Å². The average molecular weight is 259 g/mol. The van der Waals surface area contributed by atoms with Gasteiger partial charge in [-0.1, -0.05) is 37.5 Å². The number of para-hydroxylation sites is 1. The van der Waals surface area contributed by atoms with Crippen LogP contribution in [0.3, 0.4) is 0 Å². The van der Waals surface area contributed by atoms with Crippen LogP contribution in [-0.2, 0) is 6.42 Å². The van der Waals surface area contributed by atoms with Crippen molar-refractivity contribution < 1.29 is 4.74 Å². The SMILES string of the molecule is CC(NCC1Cc2ccccc2O1)C1CCCCC1. The van der Waals surface area contributed by atoms with Gasteiger partial charge in [0.1, 0.15) is 11.9 Å². The first kappa shape index (κ1) is 13.0. The lowest BCUT2D eigenvalue weighted by Gasteiger charge is -2.29. The van der Waals surface area contributed by atoms with Crippen LogP contribution >= 0.6 is 0 Å². The zero-order chi connectivity index (χ0) is 13.1. The molecule has 0 spiro atoms. The summed E-state index contributed by atoms with van der Waals surface area (Å²) in [4.78, 5) is 0. The number of ether oxygens (including phenoxy) is 1. The number of rotatable bonds is 4. The first-order valence-electron chi connectivity index (χ1n) is 7.81. The van der Waals surface area contributed by atoms with E-state index in [4.69, 9.17) is 4.74 Å². The van der Waals surface area contributed by atoms with Crippen molar-refractivity contribution in [2.75, 3.05) is 6.54 Å². The lowest BCUT2D eigenvalue weighted by Crippen LogP contribution is -2.40. The quantitative estimate of drug-likeness (QED) is 0.893. The minimum atomic E-state index is 0.323. The van der Waals surface area contributed by atoms with Crippen molar-refractivity contribution in [1.29, 1.82) is 0 Å². The van der Waals surface area contributed by atoms with Gasteiger partial charge in [-0.2, -0.15) is 0 Å². The van der Waals surface area contributed by atoms with Gasteiger partial charge in [0.2, 0.25) is 0 Å². The Morgan fingerprint density at radius 1 is 1.21 bits per heavy atom. The molecule has 0 amide bonds. The Balaban J connectivity index is 1.46. The minimum Gasteiger partial charge on any atom is -0.488 e. The van der Waals surface area contributed by atoms with Crippen LogP contribution in [0.2, 0.25) is 0 Å². The molecule has 1 aromatic carbocycles. The molecule has 2 unspecified atom stereocenters. The van der Waals surface area contributed by atoms with Gasteiger partial charge in [-0.25, -0.2) is 0 Å². The highest BCUT2D eigenvalue weighted by Crippen LogP contribution is 2.29. The second kappa shape index (κ2) is 5.96. The molecule has 0 aromatic heterocycles. The van der Waals surface area contributed by atoms with Crippen molar-refractivity contribution >= 4 is 0 Å². The third-order valence-electron chi connectivity index (χ3n) is 4.74. The van der Waals surface area contributed by atoms with Gasteiger partial charge in [0.25, 0.3) is 0 Å². The van der Waals surface area contributed by atoms with Gasteiger partial charge < -0.3 is 10.1 Å². The van der Waals surface area contributed by atoms with E-state index in [1.165, 1.54) is 37.7 Å². The second-order valence-electron chi connectivity index (χ2n) is 6.15. The highest BCUT2D eigenvalue weighted by molar-refractivity contribution is 5.37. The molecule has 19 heavy (non-hydrogen) atoms. The Labute approximate surface area is 116 Å². The van der Waals surface area contributed by atoms with Gasteiger partial charge >= 0.3 is 0 Å². The molecule has 1 aliphatic carbocycles. The van der Waals surface area contributed by atoms with E-state index in [1.54, 1.807) is 0 Å². The molecule has 0 radical (unpaired) electrons. The van der Waals surface area contributed by atoms with E-state index in [9.17, 15) is 0 Å². The standard InChI is InChI=1S/C17H25NO/c1-13(14-7-3-2-4-8-14)18-12-16-11-15-9-5-6-10-17(15)19-16/h5-6,9-10,13-14,16,18H,2-4,7-8,11-12H2,1H3. The molecule has 3 rings (SSSR count). The predicted octanol–water partition coefficient (Wildman–Crippen LogP) is 3.55. The summed E-state index contributed by atoms with van der Waals surface area (Å²) in [5.41, 5.74) is 1.36. The van der Waals surface area contributed by atoms with E-state index in [-0.39, 0.29) is 0 Å². The number of benzene rings is 1. The predicted molar refractivity (Wildman–Crippen MR) is 78.6 cm³/mol. The van der Waals surface area contributed by atoms with Gasteiger partial charge in [-0.15, -0.1) is 0 Å². The number of hydrogen-bond donors (Lipinski definition) is 1. The van der Waals surface area contributed by atoms with E-state index in [1.807, 2.05) is 0 Å². The third kappa shape index (κ3) is 3.11. The lowest BCUT2D eigenvalue weighted by molar-refractivity contribution is 0.204. The molecule has 1 N–H and O–H groups in total. The fourth-order valence-corrected chi connectivity index (χ4v) is 3.49. The molecule has 1 aromatic rings. The van der Waals surface area contributed by atoms with E-state index in [2.05, 4.69) is 36.5 Å². The van der Waals surface area contributed by atoms with Crippen LogP contribution in [0.25, 0.3) is 0 Å². The average Bonchev–Trinajstić information content (AvgIpc) is 2.88. The molecule has 1 aliphatic heterocycles. The van der Waals surface area contributed by atoms with Gasteiger partial charge in [-0.05, 0) is 37.3 Å². The summed E-state index contributed by atoms with van der Waals surface area (Å²) in [6, 6.07) is 9.05. The maximum Gasteiger partial charge on any atom is 0.123 e. The Hall–Kier alpha value is -1.02. The van der Waals surface area contributed by atoms with Crippen LogP contribution in [0.1, 0.15) is 44.6 Å². The van der Waals surface area contributed by atoms with Gasteiger partial charge in [0.05, 0.1) is 0 Å². The van der Waals surface area contributed by atoms with Crippen LogP contribution in [-0.4, -0.2) is 18.7 Å². The van der Waals surface area contributed by atoms with Crippen molar-refractivity contribution in [2.45, 2.75) is 57.6 Å². The molecule has 2 heteroatoms. The Morgan fingerprint density at radius 2 is 2.00 bits per heavy atom. The second-order valence-corrected chi connectivity index (χ2v) is 6.15. The first-order valence-corrected chi connectivity index (χ1v) is 7.81. The molecule has 2 aliphatic rings. The number of fused-ring (bicyclic) bond motifs is 1. The summed E-state index contributed by atoms with van der Waals surface area (Å²) in [5.74, 6) is 1.96. The molecule has 0 bridgehead atoms. The number of nitrogens with one attached hydrogen (secondary N) is 1. The summed E-state index contributed by atoms with van der Waals surface area (Å²) in [5, 5.41) is 3.70. The van der Waals surface area contributed by atoms with Crippen molar-refractivity contribution in [3.05, 3.63) is 29.8 Å². The van der Waals surface area contributed by atoms with Crippen LogP contribution in [0.4, 0.5) is 0 Å². The largest absolute Gasteiger partial charge is 0.488 e. The van der Waals surface area contributed by atoms with E-state index < -0.39 is 0 Å². The zero-order valence-electron chi connectivity index (χ0n) is 11.9. The summed E-state index contributed by atoms with van der Waals surface area (Å²) in [7, 11) is 0. The van der Waals surface area contributed by atoms with E-state index in [0.717, 1.165) is 24.6 Å². The zero-order valence-corrected chi connectivity index (χ0v) is 11.9. The van der Waals surface area contributed by atoms with E-state index >= 15 is 0 Å². The molecule has 104 valence electrons. The molecular weight excluding hydrogens is 234 g/mol. The monoisotopic (exact) mass is 259 g/mol. The van der Waals surface area contributed by atoms with Crippen LogP contribution in [0.5, 0.6) is 5.75 Å². The van der Waals surface area contributed by atoms with Crippen molar-refractivity contribution in [2.24, 2.45) is 5.92 Å². The summed E-state index contributed by atoms with van der Waals surface area (Å²) in [6.45, 7) is 3.32. The Kier molecular flexibility index (Phi) is 4.07. The molecule has 1 saturated carbocycles. The molecule has 2 atom stereocenters. The van der Waals surface area contributed by atoms with E-state index in [0.29, 0.717) is 12.1 Å². The van der Waals surface area contributed by atoms with Crippen molar-refractivity contribution in [3.8, 4) is 5.75 Å². The highest BCUT2D eigenvalue weighted by atomic mass is 16.5. The third-order valence-corrected chi connectivity index (χ3v) is 4.74. The minimum absolute atomic E-state index is 0.323. The maximum atomic E-state index is 5.98. The van der Waals surface area contributed by atoms with Crippen LogP contribution in [0, 0.1) is 5.92 Å². The van der Waals surface area contributed by atoms with Crippen LogP contribution in [0.15, 0.2) is 24.3 Å². The molecule has 0 saturated heterocycles. The Morgan fingerprint density at radius 3 is 2.79 bits per heavy atom. The Bertz CT molecular complexity index is 386. The fourth-order valence-electron chi connectivity index (χ4n) is 3.49. The van der Waals surface area contributed by atoms with Gasteiger partial charge in [0.15, 0.2) is 0 Å². The molecule has 1 fully saturated rings. The van der Waals surface area contributed by atoms with Gasteiger partial charge in [0, 0.05) is 19.0 Å². The summed E-state index contributed by atoms with van der Waals surface area (Å²) in [6.07, 6.45) is 8.46. The molecule has 1 heterocycles. The normalized spacial score (nSPS) is 24.8. The first-order chi connectivity index (χ1) is 9.33. The fraction of sp³-hybridized carbons (Fsp3) is 0.647. The highest BCUT2D eigenvalue weighted by Gasteiger charge is 2.24. The maximum absolute atomic E-state index is 5.98. The lowest BCUT2D eigenvalue weighted by atomic mass is 9.84. The topological polar surface area (TPSA) is 21.3 Å². The summed E-state index contributed by atoms with van der Waals surface area (Å²) >= 11 is 0. The van der Waals surface area contributed by atoms with Gasteiger partial charge in [-0.3, -0.25) is 0 Å². The van der Waals surface area contributed by atoms with Crippen LogP contribution < -0.4 is 10.1 Å². The smallest absolute Gasteiger partial charge is 0.123 e. The number of hydrogen-bond acceptors (Lipinski definition) is 2. The molecule has 2 nitrogen and oxygen atoms in total.